The molecule has 35 heavy (non-hydrogen) atoms. The number of ketones is 1. The van der Waals surface area contributed by atoms with Gasteiger partial charge in [-0.15, -0.1) is 5.10 Å². The van der Waals surface area contributed by atoms with Crippen LogP contribution in [0.25, 0.3) is 11.0 Å². The Bertz CT molecular complexity index is 1140. The maximum absolute atomic E-state index is 13.7. The Kier molecular flexibility index (Phi) is 5.65. The van der Waals surface area contributed by atoms with Gasteiger partial charge < -0.3 is 5.11 Å². The molecule has 0 amide bonds. The normalized spacial score (nSPS) is 42.9. The third-order valence-electron chi connectivity index (χ3n) is 11.5. The van der Waals surface area contributed by atoms with E-state index in [0.717, 1.165) is 48.6 Å². The minimum absolute atomic E-state index is 0.0837. The van der Waals surface area contributed by atoms with Crippen molar-refractivity contribution in [2.75, 3.05) is 0 Å². The van der Waals surface area contributed by atoms with E-state index in [0.29, 0.717) is 28.1 Å². The molecule has 6 heteroatoms. The quantitative estimate of drug-likeness (QED) is 0.526. The van der Waals surface area contributed by atoms with Gasteiger partial charge in [-0.25, -0.2) is 4.68 Å². The van der Waals surface area contributed by atoms with E-state index in [4.69, 9.17) is 11.6 Å². The van der Waals surface area contributed by atoms with Crippen LogP contribution in [-0.2, 0) is 11.3 Å². The van der Waals surface area contributed by atoms with E-state index in [1.165, 1.54) is 38.5 Å². The second-order valence-electron chi connectivity index (χ2n) is 12.9. The largest absolute Gasteiger partial charge is 0.390 e. The number of rotatable bonds is 4. The number of aliphatic hydroxyl groups is 1. The molecule has 4 saturated carbocycles. The van der Waals surface area contributed by atoms with E-state index in [2.05, 4.69) is 31.1 Å². The maximum Gasteiger partial charge on any atom is 0.157 e. The molecule has 1 N–H and O–H groups in total. The molecular weight excluding hydrogens is 458 g/mol. The zero-order chi connectivity index (χ0) is 24.6. The molecule has 1 heterocycles. The zero-order valence-electron chi connectivity index (χ0n) is 21.5. The summed E-state index contributed by atoms with van der Waals surface area (Å²) in [5.74, 6) is 3.18. The summed E-state index contributed by atoms with van der Waals surface area (Å²) in [5.41, 5.74) is 1.50. The highest BCUT2D eigenvalue weighted by atomic mass is 35.5. The van der Waals surface area contributed by atoms with E-state index < -0.39 is 5.60 Å². The fourth-order valence-corrected chi connectivity index (χ4v) is 10.1. The first kappa shape index (κ1) is 23.9. The molecule has 5 nitrogen and oxygen atoms in total. The predicted molar refractivity (Wildman–Crippen MR) is 138 cm³/mol. The van der Waals surface area contributed by atoms with Crippen molar-refractivity contribution in [3.8, 4) is 0 Å². The van der Waals surface area contributed by atoms with Gasteiger partial charge >= 0.3 is 0 Å². The molecule has 1 aromatic heterocycles. The second-order valence-corrected chi connectivity index (χ2v) is 13.3. The van der Waals surface area contributed by atoms with Crippen molar-refractivity contribution in [2.24, 2.45) is 40.4 Å². The van der Waals surface area contributed by atoms with Gasteiger partial charge in [0, 0.05) is 5.92 Å². The molecule has 8 atom stereocenters. The lowest BCUT2D eigenvalue weighted by Crippen LogP contribution is -2.56. The number of hydrogen-bond acceptors (Lipinski definition) is 4. The molecule has 0 saturated heterocycles. The minimum Gasteiger partial charge on any atom is -0.390 e. The minimum atomic E-state index is -0.487. The molecule has 0 aliphatic heterocycles. The van der Waals surface area contributed by atoms with E-state index in [1.54, 1.807) is 4.68 Å². The van der Waals surface area contributed by atoms with Gasteiger partial charge in [0.15, 0.2) is 5.78 Å². The summed E-state index contributed by atoms with van der Waals surface area (Å²) in [5, 5.41) is 20.0. The molecule has 0 spiro atoms. The van der Waals surface area contributed by atoms with Crippen LogP contribution in [0, 0.1) is 40.4 Å². The SMILES string of the molecule is CC[C@]12CC[C@@](C)(O)C[C@@H]1CC[C@H]1[C@@H]3CC[C@H](C(=O)Cn4nnc5cccc(Cl)c54)[C@@]3(C)CC[C@@H]12. The van der Waals surface area contributed by atoms with Crippen LogP contribution in [0.5, 0.6) is 0 Å². The second kappa shape index (κ2) is 8.28. The summed E-state index contributed by atoms with van der Waals surface area (Å²) in [6.45, 7) is 7.14. The third kappa shape index (κ3) is 3.54. The molecule has 2 aromatic rings. The monoisotopic (exact) mass is 497 g/mol. The highest BCUT2D eigenvalue weighted by molar-refractivity contribution is 6.34. The van der Waals surface area contributed by atoms with Gasteiger partial charge in [0.2, 0.25) is 0 Å². The molecule has 6 rings (SSSR count). The van der Waals surface area contributed by atoms with Crippen molar-refractivity contribution < 1.29 is 9.90 Å². The standard InChI is InChI=1S/C29H40ClN3O2/c1-4-29-15-14-27(2,35)16-18(29)8-9-19-20-10-11-22(28(20,3)13-12-21(19)29)25(34)17-33-26-23(30)6-5-7-24(26)31-32-33/h5-7,18-22,35H,4,8-17H2,1-3H3/t18-,19-,20-,21-,22+,27+,28-,29-/m0/s1. The van der Waals surface area contributed by atoms with Crippen LogP contribution >= 0.6 is 11.6 Å². The van der Waals surface area contributed by atoms with E-state index in [9.17, 15) is 9.90 Å². The van der Waals surface area contributed by atoms with Crippen molar-refractivity contribution in [1.82, 2.24) is 15.0 Å². The van der Waals surface area contributed by atoms with Crippen LogP contribution in [0.15, 0.2) is 18.2 Å². The number of para-hydroxylation sites is 1. The van der Waals surface area contributed by atoms with Gasteiger partial charge in [0.05, 0.1) is 10.6 Å². The van der Waals surface area contributed by atoms with E-state index in [-0.39, 0.29) is 17.9 Å². The number of carbonyl (C=O) groups is 1. The highest BCUT2D eigenvalue weighted by Gasteiger charge is 2.62. The van der Waals surface area contributed by atoms with Gasteiger partial charge in [-0.05, 0) is 118 Å². The van der Waals surface area contributed by atoms with Gasteiger partial charge in [0.25, 0.3) is 0 Å². The lowest BCUT2D eigenvalue weighted by molar-refractivity contribution is -0.158. The predicted octanol–water partition coefficient (Wildman–Crippen LogP) is 6.45. The Morgan fingerprint density at radius 1 is 1.11 bits per heavy atom. The fraction of sp³-hybridized carbons (Fsp3) is 0.759. The maximum atomic E-state index is 13.7. The van der Waals surface area contributed by atoms with Crippen LogP contribution < -0.4 is 0 Å². The number of nitrogens with zero attached hydrogens (tertiary/aromatic N) is 3. The van der Waals surface area contributed by atoms with Crippen LogP contribution in [0.1, 0.15) is 85.0 Å². The van der Waals surface area contributed by atoms with E-state index in [1.807, 2.05) is 18.2 Å². The van der Waals surface area contributed by atoms with Crippen molar-refractivity contribution in [3.05, 3.63) is 23.2 Å². The van der Waals surface area contributed by atoms with Crippen molar-refractivity contribution in [1.29, 1.82) is 0 Å². The Hall–Kier alpha value is -1.46. The van der Waals surface area contributed by atoms with Crippen LogP contribution in [0.4, 0.5) is 0 Å². The average molecular weight is 498 g/mol. The molecule has 4 aliphatic carbocycles. The van der Waals surface area contributed by atoms with Crippen molar-refractivity contribution >= 4 is 28.4 Å². The zero-order valence-corrected chi connectivity index (χ0v) is 22.2. The van der Waals surface area contributed by atoms with E-state index >= 15 is 0 Å². The van der Waals surface area contributed by atoms with Crippen LogP contribution in [0.3, 0.4) is 0 Å². The summed E-state index contributed by atoms with van der Waals surface area (Å²) < 4.78 is 1.72. The lowest BCUT2D eigenvalue weighted by Gasteiger charge is -2.63. The fourth-order valence-electron chi connectivity index (χ4n) is 9.83. The smallest absolute Gasteiger partial charge is 0.157 e. The highest BCUT2D eigenvalue weighted by Crippen LogP contribution is 2.69. The number of benzene rings is 1. The summed E-state index contributed by atoms with van der Waals surface area (Å²) in [7, 11) is 0. The Balaban J connectivity index is 1.24. The summed E-state index contributed by atoms with van der Waals surface area (Å²) in [4.78, 5) is 13.7. The van der Waals surface area contributed by atoms with Gasteiger partial charge in [-0.2, -0.15) is 0 Å². The van der Waals surface area contributed by atoms with Crippen molar-refractivity contribution in [3.63, 3.8) is 0 Å². The molecule has 0 radical (unpaired) electrons. The Morgan fingerprint density at radius 2 is 1.94 bits per heavy atom. The van der Waals surface area contributed by atoms with Crippen molar-refractivity contribution in [2.45, 2.75) is 97.1 Å². The number of carbonyl (C=O) groups excluding carboxylic acids is 1. The first-order chi connectivity index (χ1) is 16.7. The average Bonchev–Trinajstić information content (AvgIpc) is 3.39. The molecule has 4 aliphatic rings. The molecule has 0 unspecified atom stereocenters. The molecule has 4 fully saturated rings. The number of Topliss-reactive ketones (excluding diaryl/α,β-unsaturated/α-hetero) is 1. The lowest BCUT2D eigenvalue weighted by atomic mass is 9.42. The third-order valence-corrected chi connectivity index (χ3v) is 11.8. The summed E-state index contributed by atoms with van der Waals surface area (Å²) in [6, 6.07) is 5.61. The summed E-state index contributed by atoms with van der Waals surface area (Å²) >= 11 is 6.43. The van der Waals surface area contributed by atoms with Gasteiger partial charge in [-0.1, -0.05) is 36.7 Å². The van der Waals surface area contributed by atoms with Gasteiger partial charge in [0.1, 0.15) is 17.6 Å². The topological polar surface area (TPSA) is 68.0 Å². The number of halogens is 1. The first-order valence-corrected chi connectivity index (χ1v) is 14.3. The van der Waals surface area contributed by atoms with Crippen LogP contribution in [0.2, 0.25) is 5.02 Å². The Morgan fingerprint density at radius 3 is 2.74 bits per heavy atom. The van der Waals surface area contributed by atoms with Crippen LogP contribution in [-0.4, -0.2) is 31.5 Å². The number of aromatic nitrogens is 3. The molecular formula is C29H40ClN3O2. The molecule has 1 aromatic carbocycles. The number of fused-ring (bicyclic) bond motifs is 6. The molecule has 190 valence electrons. The Labute approximate surface area is 214 Å². The van der Waals surface area contributed by atoms with Gasteiger partial charge in [-0.3, -0.25) is 4.79 Å². The summed E-state index contributed by atoms with van der Waals surface area (Å²) in [6.07, 6.45) is 11.4. The molecule has 0 bridgehead atoms. The first-order valence-electron chi connectivity index (χ1n) is 13.9. The number of hydrogen-bond donors (Lipinski definition) is 1.